The van der Waals surface area contributed by atoms with Gasteiger partial charge >= 0.3 is 0 Å². The highest BCUT2D eigenvalue weighted by atomic mass is 16.5. The van der Waals surface area contributed by atoms with Crippen LogP contribution in [-0.4, -0.2) is 19.3 Å². The Morgan fingerprint density at radius 3 is 2.73 bits per heavy atom. The largest absolute Gasteiger partial charge is 0.399 e. The van der Waals surface area contributed by atoms with Crippen molar-refractivity contribution < 1.29 is 4.74 Å². The lowest BCUT2D eigenvalue weighted by molar-refractivity contribution is 0.108. The Kier molecular flexibility index (Phi) is 3.11. The van der Waals surface area contributed by atoms with Crippen LogP contribution < -0.4 is 11.1 Å². The fourth-order valence-corrected chi connectivity index (χ4v) is 1.89. The maximum Gasteiger partial charge on any atom is 0.0592 e. The molecule has 2 atom stereocenters. The van der Waals surface area contributed by atoms with Gasteiger partial charge in [-0.25, -0.2) is 0 Å². The smallest absolute Gasteiger partial charge is 0.0592 e. The van der Waals surface area contributed by atoms with Gasteiger partial charge in [0.15, 0.2) is 0 Å². The van der Waals surface area contributed by atoms with Crippen molar-refractivity contribution in [1.29, 1.82) is 0 Å². The number of hydrogen-bond acceptors (Lipinski definition) is 3. The number of nitrogen functional groups attached to an aromatic ring is 1. The van der Waals surface area contributed by atoms with E-state index in [-0.39, 0.29) is 0 Å². The van der Waals surface area contributed by atoms with Crippen LogP contribution in [0.2, 0.25) is 0 Å². The summed E-state index contributed by atoms with van der Waals surface area (Å²) >= 11 is 0. The van der Waals surface area contributed by atoms with Crippen LogP contribution in [0.1, 0.15) is 13.3 Å². The first-order valence-corrected chi connectivity index (χ1v) is 5.47. The summed E-state index contributed by atoms with van der Waals surface area (Å²) in [7, 11) is 0. The number of ether oxygens (including phenoxy) is 1. The average Bonchev–Trinajstić information content (AvgIpc) is 2.63. The van der Waals surface area contributed by atoms with Crippen molar-refractivity contribution in [2.75, 3.05) is 24.2 Å². The summed E-state index contributed by atoms with van der Waals surface area (Å²) in [5.41, 5.74) is 7.55. The molecule has 1 aromatic carbocycles. The predicted octanol–water partition coefficient (Wildman–Crippen LogP) is 2.11. The third kappa shape index (κ3) is 2.63. The van der Waals surface area contributed by atoms with Crippen LogP contribution in [0.4, 0.5) is 11.4 Å². The van der Waals surface area contributed by atoms with Crippen molar-refractivity contribution in [3.05, 3.63) is 24.3 Å². The van der Waals surface area contributed by atoms with E-state index in [1.165, 1.54) is 0 Å². The minimum atomic E-state index is 0.381. The van der Waals surface area contributed by atoms with E-state index in [4.69, 9.17) is 10.5 Å². The highest BCUT2D eigenvalue weighted by Gasteiger charge is 2.23. The van der Waals surface area contributed by atoms with E-state index in [0.29, 0.717) is 12.0 Å². The van der Waals surface area contributed by atoms with Gasteiger partial charge in [0.1, 0.15) is 0 Å². The zero-order valence-corrected chi connectivity index (χ0v) is 9.07. The van der Waals surface area contributed by atoms with Crippen LogP contribution in [0.5, 0.6) is 0 Å². The molecule has 82 valence electrons. The van der Waals surface area contributed by atoms with E-state index in [9.17, 15) is 0 Å². The molecule has 3 N–H and O–H groups in total. The van der Waals surface area contributed by atoms with Gasteiger partial charge in [0.25, 0.3) is 0 Å². The van der Waals surface area contributed by atoms with Gasteiger partial charge in [-0.2, -0.15) is 0 Å². The van der Waals surface area contributed by atoms with Crippen LogP contribution in [0.15, 0.2) is 24.3 Å². The van der Waals surface area contributed by atoms with E-state index in [1.54, 1.807) is 0 Å². The number of benzene rings is 1. The molecule has 0 amide bonds. The third-order valence-corrected chi connectivity index (χ3v) is 3.01. The molecule has 1 heterocycles. The summed E-state index contributed by atoms with van der Waals surface area (Å²) < 4.78 is 5.51. The van der Waals surface area contributed by atoms with Gasteiger partial charge < -0.3 is 15.8 Å². The topological polar surface area (TPSA) is 47.3 Å². The molecule has 3 heteroatoms. The Labute approximate surface area is 90.6 Å². The van der Waals surface area contributed by atoms with Crippen molar-refractivity contribution in [3.63, 3.8) is 0 Å². The molecule has 0 spiro atoms. The highest BCUT2D eigenvalue weighted by molar-refractivity contribution is 5.51. The zero-order chi connectivity index (χ0) is 10.7. The standard InChI is InChI=1S/C12H18N2O/c1-9-10(6-7-15-9)8-14-12-4-2-11(13)3-5-12/h2-5,9-10,14H,6-8,13H2,1H3. The molecule has 1 fully saturated rings. The lowest BCUT2D eigenvalue weighted by Gasteiger charge is -2.15. The Hall–Kier alpha value is -1.22. The van der Waals surface area contributed by atoms with Gasteiger partial charge in [-0.15, -0.1) is 0 Å². The normalized spacial score (nSPS) is 25.4. The summed E-state index contributed by atoms with van der Waals surface area (Å²) in [6, 6.07) is 7.85. The molecule has 0 aromatic heterocycles. The molecule has 1 aliphatic heterocycles. The molecule has 1 aromatic rings. The van der Waals surface area contributed by atoms with Crippen molar-refractivity contribution >= 4 is 11.4 Å². The van der Waals surface area contributed by atoms with Crippen molar-refractivity contribution in [3.8, 4) is 0 Å². The molecule has 2 rings (SSSR count). The summed E-state index contributed by atoms with van der Waals surface area (Å²) in [6.07, 6.45) is 1.54. The first-order chi connectivity index (χ1) is 7.25. The average molecular weight is 206 g/mol. The second-order valence-electron chi connectivity index (χ2n) is 4.13. The number of nitrogens with one attached hydrogen (secondary N) is 1. The summed E-state index contributed by atoms with van der Waals surface area (Å²) in [5.74, 6) is 0.627. The minimum Gasteiger partial charge on any atom is -0.399 e. The Balaban J connectivity index is 1.85. The van der Waals surface area contributed by atoms with Crippen LogP contribution in [0.25, 0.3) is 0 Å². The highest BCUT2D eigenvalue weighted by Crippen LogP contribution is 2.21. The third-order valence-electron chi connectivity index (χ3n) is 3.01. The Morgan fingerprint density at radius 1 is 1.40 bits per heavy atom. The molecule has 0 saturated carbocycles. The molecule has 3 nitrogen and oxygen atoms in total. The summed E-state index contributed by atoms with van der Waals surface area (Å²) in [4.78, 5) is 0. The molecule has 1 saturated heterocycles. The Bertz CT molecular complexity index is 310. The number of hydrogen-bond donors (Lipinski definition) is 2. The molecule has 1 aliphatic rings. The lowest BCUT2D eigenvalue weighted by atomic mass is 10.0. The monoisotopic (exact) mass is 206 g/mol. The second-order valence-corrected chi connectivity index (χ2v) is 4.13. The zero-order valence-electron chi connectivity index (χ0n) is 9.07. The van der Waals surface area contributed by atoms with Crippen LogP contribution in [-0.2, 0) is 4.74 Å². The van der Waals surface area contributed by atoms with Crippen LogP contribution in [0, 0.1) is 5.92 Å². The summed E-state index contributed by atoms with van der Waals surface area (Å²) in [5, 5.41) is 3.41. The van der Waals surface area contributed by atoms with E-state index >= 15 is 0 Å². The second kappa shape index (κ2) is 4.53. The fourth-order valence-electron chi connectivity index (χ4n) is 1.89. The number of rotatable bonds is 3. The quantitative estimate of drug-likeness (QED) is 0.745. The molecule has 0 radical (unpaired) electrons. The van der Waals surface area contributed by atoms with Crippen molar-refractivity contribution in [2.45, 2.75) is 19.4 Å². The molecular formula is C12H18N2O. The SMILES string of the molecule is CC1OCCC1CNc1ccc(N)cc1. The fraction of sp³-hybridized carbons (Fsp3) is 0.500. The van der Waals surface area contributed by atoms with E-state index < -0.39 is 0 Å². The minimum absolute atomic E-state index is 0.381. The van der Waals surface area contributed by atoms with Crippen molar-refractivity contribution in [2.24, 2.45) is 5.92 Å². The molecular weight excluding hydrogens is 188 g/mol. The van der Waals surface area contributed by atoms with Gasteiger partial charge in [0.2, 0.25) is 0 Å². The van der Waals surface area contributed by atoms with Gasteiger partial charge in [-0.05, 0) is 37.6 Å². The van der Waals surface area contributed by atoms with Gasteiger partial charge in [0, 0.05) is 30.4 Å². The van der Waals surface area contributed by atoms with Gasteiger partial charge in [-0.1, -0.05) is 0 Å². The first-order valence-electron chi connectivity index (χ1n) is 5.47. The first kappa shape index (κ1) is 10.3. The van der Waals surface area contributed by atoms with Crippen LogP contribution in [0.3, 0.4) is 0 Å². The predicted molar refractivity (Wildman–Crippen MR) is 62.9 cm³/mol. The number of anilines is 2. The van der Waals surface area contributed by atoms with Crippen LogP contribution >= 0.6 is 0 Å². The summed E-state index contributed by atoms with van der Waals surface area (Å²) in [6.45, 7) is 4.02. The van der Waals surface area contributed by atoms with Gasteiger partial charge in [-0.3, -0.25) is 0 Å². The maximum atomic E-state index is 5.62. The molecule has 0 bridgehead atoms. The van der Waals surface area contributed by atoms with E-state index in [0.717, 1.165) is 30.9 Å². The van der Waals surface area contributed by atoms with E-state index in [1.807, 2.05) is 24.3 Å². The van der Waals surface area contributed by atoms with Crippen molar-refractivity contribution in [1.82, 2.24) is 0 Å². The Morgan fingerprint density at radius 2 is 2.13 bits per heavy atom. The molecule has 15 heavy (non-hydrogen) atoms. The van der Waals surface area contributed by atoms with Gasteiger partial charge in [0.05, 0.1) is 6.10 Å². The number of nitrogens with two attached hydrogens (primary N) is 1. The van der Waals surface area contributed by atoms with E-state index in [2.05, 4.69) is 12.2 Å². The molecule has 0 aliphatic carbocycles. The maximum absolute atomic E-state index is 5.62. The lowest BCUT2D eigenvalue weighted by Crippen LogP contribution is -2.20. The molecule has 2 unspecified atom stereocenters.